The maximum atomic E-state index is 10.6. The first-order valence-corrected chi connectivity index (χ1v) is 7.69. The van der Waals surface area contributed by atoms with Crippen LogP contribution in [0.15, 0.2) is 65.8 Å². The molecule has 4 nitrogen and oxygen atoms in total. The van der Waals surface area contributed by atoms with Crippen molar-refractivity contribution in [2.45, 2.75) is 6.92 Å². The van der Waals surface area contributed by atoms with Gasteiger partial charge in [-0.15, -0.1) is 5.10 Å². The van der Waals surface area contributed by atoms with Crippen molar-refractivity contribution >= 4 is 17.7 Å². The van der Waals surface area contributed by atoms with Crippen LogP contribution in [0.3, 0.4) is 0 Å². The lowest BCUT2D eigenvalue weighted by molar-refractivity contribution is -0.109. The van der Waals surface area contributed by atoms with Gasteiger partial charge in [-0.2, -0.15) is 0 Å². The number of para-hydroxylation sites is 1. The zero-order valence-corrected chi connectivity index (χ0v) is 12.9. The fourth-order valence-electron chi connectivity index (χ4n) is 2.38. The molecule has 3 rings (SSSR count). The van der Waals surface area contributed by atoms with E-state index in [0.29, 0.717) is 6.41 Å². The predicted octanol–water partition coefficient (Wildman–Crippen LogP) is 3.08. The molecular formula is C17H15N3OS. The number of amides is 1. The van der Waals surface area contributed by atoms with Crippen molar-refractivity contribution in [3.63, 3.8) is 0 Å². The van der Waals surface area contributed by atoms with Gasteiger partial charge in [0.05, 0.1) is 5.69 Å². The Morgan fingerprint density at radius 2 is 1.68 bits per heavy atom. The predicted molar refractivity (Wildman–Crippen MR) is 88.6 cm³/mol. The topological polar surface area (TPSA) is 46.4 Å². The Morgan fingerprint density at radius 1 is 1.05 bits per heavy atom. The lowest BCUT2D eigenvalue weighted by Crippen LogP contribution is -2.18. The van der Waals surface area contributed by atoms with Crippen LogP contribution in [0.25, 0.3) is 16.9 Å². The minimum absolute atomic E-state index is 0.576. The molecule has 0 saturated carbocycles. The van der Waals surface area contributed by atoms with E-state index in [1.165, 1.54) is 0 Å². The first-order chi connectivity index (χ1) is 10.8. The second-order valence-corrected chi connectivity index (χ2v) is 5.87. The Morgan fingerprint density at radius 3 is 2.32 bits per heavy atom. The van der Waals surface area contributed by atoms with E-state index < -0.39 is 0 Å². The Hall–Kier alpha value is -2.66. The van der Waals surface area contributed by atoms with Crippen molar-refractivity contribution in [3.05, 3.63) is 70.3 Å². The molecule has 0 bridgehead atoms. The van der Waals surface area contributed by atoms with Gasteiger partial charge in [0.2, 0.25) is 11.2 Å². The summed E-state index contributed by atoms with van der Waals surface area (Å²) >= 11 is 1.55. The highest BCUT2D eigenvalue weighted by Gasteiger charge is 2.13. The van der Waals surface area contributed by atoms with Crippen molar-refractivity contribution in [3.8, 4) is 16.9 Å². The van der Waals surface area contributed by atoms with Crippen LogP contribution in [0.5, 0.6) is 0 Å². The van der Waals surface area contributed by atoms with E-state index in [1.807, 2.05) is 48.5 Å². The molecule has 0 aliphatic heterocycles. The van der Waals surface area contributed by atoms with E-state index in [9.17, 15) is 4.79 Å². The van der Waals surface area contributed by atoms with Gasteiger partial charge in [0.1, 0.15) is 0 Å². The largest absolute Gasteiger partial charge is 0.283 e. The van der Waals surface area contributed by atoms with Crippen LogP contribution in [-0.2, 0) is 4.79 Å². The third-order valence-corrected chi connectivity index (χ3v) is 4.22. The number of rotatable bonds is 4. The smallest absolute Gasteiger partial charge is 0.227 e. The molecule has 0 spiro atoms. The second kappa shape index (κ2) is 6.41. The average molecular weight is 309 g/mol. The molecule has 1 N–H and O–H groups in total. The Kier molecular flexibility index (Phi) is 4.16. The van der Waals surface area contributed by atoms with Crippen LogP contribution in [0.1, 0.15) is 4.88 Å². The molecule has 22 heavy (non-hydrogen) atoms. The summed E-state index contributed by atoms with van der Waals surface area (Å²) in [5.41, 5.74) is 5.62. The van der Waals surface area contributed by atoms with Crippen LogP contribution in [0, 0.1) is 6.92 Å². The lowest BCUT2D eigenvalue weighted by Gasteiger charge is -2.10. The van der Waals surface area contributed by atoms with E-state index in [0.717, 1.165) is 26.6 Å². The molecular weight excluding hydrogens is 294 g/mol. The molecule has 0 saturated heterocycles. The Labute approximate surface area is 132 Å². The van der Waals surface area contributed by atoms with E-state index in [1.54, 1.807) is 11.3 Å². The third kappa shape index (κ3) is 2.71. The monoisotopic (exact) mass is 309 g/mol. The molecule has 5 heteroatoms. The van der Waals surface area contributed by atoms with Crippen molar-refractivity contribution in [1.82, 2.24) is 9.99 Å². The quantitative estimate of drug-likeness (QED) is 0.584. The van der Waals surface area contributed by atoms with Crippen molar-refractivity contribution < 1.29 is 4.79 Å². The Balaban J connectivity index is 2.30. The number of benzene rings is 2. The van der Waals surface area contributed by atoms with Gasteiger partial charge in [-0.05, 0) is 24.6 Å². The van der Waals surface area contributed by atoms with Gasteiger partial charge in [-0.3, -0.25) is 9.36 Å². The summed E-state index contributed by atoms with van der Waals surface area (Å²) in [5.74, 6) is 0. The average Bonchev–Trinajstić information content (AvgIpc) is 2.91. The van der Waals surface area contributed by atoms with Gasteiger partial charge in [0.25, 0.3) is 0 Å². The highest BCUT2D eigenvalue weighted by Crippen LogP contribution is 2.27. The molecule has 0 fully saturated rings. The van der Waals surface area contributed by atoms with Gasteiger partial charge >= 0.3 is 0 Å². The van der Waals surface area contributed by atoms with Crippen LogP contribution in [-0.4, -0.2) is 11.0 Å². The molecule has 0 aliphatic carbocycles. The van der Waals surface area contributed by atoms with Gasteiger partial charge in [0, 0.05) is 10.6 Å². The number of hydrogen-bond donors (Lipinski definition) is 1. The zero-order valence-electron chi connectivity index (χ0n) is 12.1. The lowest BCUT2D eigenvalue weighted by atomic mass is 10.1. The summed E-state index contributed by atoms with van der Waals surface area (Å²) in [5, 5.41) is 4.17. The first-order valence-electron chi connectivity index (χ1n) is 6.87. The molecule has 0 atom stereocenters. The standard InChI is InChI=1S/C17H15N3OS/c1-13-16(14-8-4-2-5-9-14)20(15-10-6-3-7-11-15)17(22-13)19-18-12-21/h2-12H,1H3,(H,18,21). The molecule has 0 unspecified atom stereocenters. The normalized spacial score (nSPS) is 11.4. The third-order valence-electron chi connectivity index (χ3n) is 3.27. The van der Waals surface area contributed by atoms with Gasteiger partial charge < -0.3 is 0 Å². The number of nitrogens with one attached hydrogen (secondary N) is 1. The summed E-state index contributed by atoms with van der Waals surface area (Å²) in [7, 11) is 0. The number of carbonyl (C=O) groups is 1. The van der Waals surface area contributed by atoms with Crippen LogP contribution in [0.4, 0.5) is 0 Å². The molecule has 110 valence electrons. The fraction of sp³-hybridized carbons (Fsp3) is 0.0588. The van der Waals surface area contributed by atoms with E-state index in [4.69, 9.17) is 0 Å². The van der Waals surface area contributed by atoms with E-state index in [2.05, 4.69) is 34.2 Å². The van der Waals surface area contributed by atoms with Crippen LogP contribution >= 0.6 is 11.3 Å². The fourth-order valence-corrected chi connectivity index (χ4v) is 3.35. The van der Waals surface area contributed by atoms with Gasteiger partial charge in [0.15, 0.2) is 0 Å². The van der Waals surface area contributed by atoms with Crippen molar-refractivity contribution in [1.29, 1.82) is 0 Å². The van der Waals surface area contributed by atoms with Crippen molar-refractivity contribution in [2.75, 3.05) is 0 Å². The molecule has 1 aromatic heterocycles. The van der Waals surface area contributed by atoms with Crippen LogP contribution in [0.2, 0.25) is 0 Å². The molecule has 1 amide bonds. The molecule has 3 aromatic rings. The van der Waals surface area contributed by atoms with E-state index in [-0.39, 0.29) is 0 Å². The SMILES string of the molecule is Cc1sc(=NNC=O)n(-c2ccccc2)c1-c1ccccc1. The summed E-state index contributed by atoms with van der Waals surface area (Å²) in [6.45, 7) is 2.06. The highest BCUT2D eigenvalue weighted by molar-refractivity contribution is 7.09. The number of aryl methyl sites for hydroxylation is 1. The summed E-state index contributed by atoms with van der Waals surface area (Å²) in [4.78, 5) is 12.4. The number of nitrogens with zero attached hydrogens (tertiary/aromatic N) is 2. The maximum Gasteiger partial charge on any atom is 0.227 e. The summed E-state index contributed by atoms with van der Waals surface area (Å²) < 4.78 is 2.06. The van der Waals surface area contributed by atoms with E-state index >= 15 is 0 Å². The molecule has 1 heterocycles. The van der Waals surface area contributed by atoms with Gasteiger partial charge in [-0.25, -0.2) is 5.43 Å². The number of hydrogen-bond acceptors (Lipinski definition) is 3. The second-order valence-electron chi connectivity index (χ2n) is 4.69. The number of carbonyl (C=O) groups excluding carboxylic acids is 1. The molecule has 2 aromatic carbocycles. The summed E-state index contributed by atoms with van der Waals surface area (Å²) in [6, 6.07) is 20.2. The molecule has 0 aliphatic rings. The van der Waals surface area contributed by atoms with Gasteiger partial charge in [-0.1, -0.05) is 59.9 Å². The summed E-state index contributed by atoms with van der Waals surface area (Å²) in [6.07, 6.45) is 0.576. The number of thiazole rings is 1. The molecule has 0 radical (unpaired) electrons. The Bertz CT molecular complexity index is 835. The zero-order chi connectivity index (χ0) is 15.4. The highest BCUT2D eigenvalue weighted by atomic mass is 32.1. The minimum Gasteiger partial charge on any atom is -0.283 e. The maximum absolute atomic E-state index is 10.6. The van der Waals surface area contributed by atoms with Crippen LogP contribution < -0.4 is 10.2 Å². The first kappa shape index (κ1) is 14.3. The minimum atomic E-state index is 0.576. The van der Waals surface area contributed by atoms with Crippen molar-refractivity contribution in [2.24, 2.45) is 5.10 Å². The number of aromatic nitrogens is 1.